The topological polar surface area (TPSA) is 28.2 Å². The summed E-state index contributed by atoms with van der Waals surface area (Å²) in [5, 5.41) is 3.16. The average Bonchev–Trinajstić information content (AvgIpc) is 3.02. The third-order valence-corrected chi connectivity index (χ3v) is 4.99. The number of rotatable bonds is 5. The lowest BCUT2D eigenvalue weighted by molar-refractivity contribution is 0.337. The van der Waals surface area contributed by atoms with Gasteiger partial charge in [0.25, 0.3) is 0 Å². The Morgan fingerprint density at radius 2 is 2.26 bits per heavy atom. The second kappa shape index (κ2) is 5.49. The maximum atomic E-state index is 4.39. The van der Waals surface area contributed by atoms with Crippen molar-refractivity contribution in [2.24, 2.45) is 17.8 Å². The lowest BCUT2D eigenvalue weighted by Gasteiger charge is -2.28. The molecule has 3 unspecified atom stereocenters. The Bertz CT molecular complexity index is 432. The van der Waals surface area contributed by atoms with Crippen LogP contribution < -0.4 is 10.2 Å². The zero-order valence-electron chi connectivity index (χ0n) is 12.1. The highest BCUT2D eigenvalue weighted by molar-refractivity contribution is 5.45. The largest absolute Gasteiger partial charge is 0.374 e. The molecule has 1 aromatic heterocycles. The molecular formula is C16H25N3. The molecule has 0 saturated heterocycles. The Balaban J connectivity index is 1.63. The van der Waals surface area contributed by atoms with Crippen molar-refractivity contribution in [1.82, 2.24) is 10.3 Å². The van der Waals surface area contributed by atoms with Crippen LogP contribution in [0.2, 0.25) is 0 Å². The standard InChI is InChI=1S/C16H25N3/c1-17-10-15-9-16(5-6-18-15)19(2)11-14-8-12-3-4-13(14)7-12/h5-6,9,12-14,17H,3-4,7-8,10-11H2,1-2H3. The van der Waals surface area contributed by atoms with Crippen molar-refractivity contribution >= 4 is 5.69 Å². The van der Waals surface area contributed by atoms with Crippen LogP contribution in [0, 0.1) is 17.8 Å². The zero-order chi connectivity index (χ0) is 13.2. The first-order valence-electron chi connectivity index (χ1n) is 7.57. The van der Waals surface area contributed by atoms with Gasteiger partial charge >= 0.3 is 0 Å². The molecule has 1 aromatic rings. The van der Waals surface area contributed by atoms with E-state index >= 15 is 0 Å². The van der Waals surface area contributed by atoms with Crippen LogP contribution in [0.15, 0.2) is 18.3 Å². The van der Waals surface area contributed by atoms with Crippen molar-refractivity contribution in [1.29, 1.82) is 0 Å². The molecule has 0 aliphatic heterocycles. The van der Waals surface area contributed by atoms with E-state index in [1.165, 1.54) is 37.9 Å². The first kappa shape index (κ1) is 12.9. The van der Waals surface area contributed by atoms with Crippen LogP contribution >= 0.6 is 0 Å². The molecule has 0 amide bonds. The van der Waals surface area contributed by atoms with Crippen molar-refractivity contribution in [3.63, 3.8) is 0 Å². The van der Waals surface area contributed by atoms with Crippen LogP contribution in [0.3, 0.4) is 0 Å². The molecule has 2 aliphatic carbocycles. The Hall–Kier alpha value is -1.09. The van der Waals surface area contributed by atoms with Gasteiger partial charge in [0.05, 0.1) is 5.69 Å². The first-order valence-corrected chi connectivity index (χ1v) is 7.57. The Kier molecular flexibility index (Phi) is 3.74. The predicted octanol–water partition coefficient (Wildman–Crippen LogP) is 2.67. The number of aromatic nitrogens is 1. The maximum absolute atomic E-state index is 4.39. The molecule has 3 atom stereocenters. The van der Waals surface area contributed by atoms with Crippen molar-refractivity contribution in [3.05, 3.63) is 24.0 Å². The van der Waals surface area contributed by atoms with E-state index in [0.29, 0.717) is 0 Å². The van der Waals surface area contributed by atoms with Gasteiger partial charge in [0.1, 0.15) is 0 Å². The summed E-state index contributed by atoms with van der Waals surface area (Å²) in [5.74, 6) is 2.97. The highest BCUT2D eigenvalue weighted by atomic mass is 15.1. The zero-order valence-corrected chi connectivity index (χ0v) is 12.1. The third kappa shape index (κ3) is 2.76. The van der Waals surface area contributed by atoms with E-state index in [4.69, 9.17) is 0 Å². The molecule has 1 heterocycles. The van der Waals surface area contributed by atoms with Crippen molar-refractivity contribution in [2.75, 3.05) is 25.5 Å². The Morgan fingerprint density at radius 3 is 2.95 bits per heavy atom. The lowest BCUT2D eigenvalue weighted by atomic mass is 9.88. The minimum absolute atomic E-state index is 0.843. The highest BCUT2D eigenvalue weighted by Crippen LogP contribution is 2.48. The van der Waals surface area contributed by atoms with Crippen molar-refractivity contribution in [2.45, 2.75) is 32.2 Å². The van der Waals surface area contributed by atoms with Crippen LogP contribution in [0.25, 0.3) is 0 Å². The molecule has 2 saturated carbocycles. The molecule has 3 heteroatoms. The van der Waals surface area contributed by atoms with Crippen LogP contribution in [0.1, 0.15) is 31.4 Å². The van der Waals surface area contributed by atoms with Gasteiger partial charge in [-0.2, -0.15) is 0 Å². The summed E-state index contributed by atoms with van der Waals surface area (Å²) in [4.78, 5) is 6.82. The SMILES string of the molecule is CNCc1cc(N(C)CC2CC3CCC2C3)ccn1. The number of pyridine rings is 1. The van der Waals surface area contributed by atoms with Crippen LogP contribution in [-0.4, -0.2) is 25.6 Å². The molecule has 3 nitrogen and oxygen atoms in total. The van der Waals surface area contributed by atoms with E-state index < -0.39 is 0 Å². The van der Waals surface area contributed by atoms with Gasteiger partial charge in [0.15, 0.2) is 0 Å². The fourth-order valence-corrected chi connectivity index (χ4v) is 4.04. The lowest BCUT2D eigenvalue weighted by Crippen LogP contribution is -2.28. The highest BCUT2D eigenvalue weighted by Gasteiger charge is 2.39. The van der Waals surface area contributed by atoms with Crippen molar-refractivity contribution < 1.29 is 0 Å². The smallest absolute Gasteiger partial charge is 0.0562 e. The summed E-state index contributed by atoms with van der Waals surface area (Å²) in [7, 11) is 4.19. The van der Waals surface area contributed by atoms with Gasteiger partial charge in [-0.3, -0.25) is 4.98 Å². The molecule has 1 N–H and O–H groups in total. The maximum Gasteiger partial charge on any atom is 0.0562 e. The molecule has 0 aromatic carbocycles. The molecule has 19 heavy (non-hydrogen) atoms. The van der Waals surface area contributed by atoms with E-state index in [-0.39, 0.29) is 0 Å². The van der Waals surface area contributed by atoms with E-state index in [1.54, 1.807) is 0 Å². The average molecular weight is 259 g/mol. The first-order chi connectivity index (χ1) is 9.26. The van der Waals surface area contributed by atoms with E-state index in [2.05, 4.69) is 34.4 Å². The van der Waals surface area contributed by atoms with Gasteiger partial charge in [-0.1, -0.05) is 6.42 Å². The van der Waals surface area contributed by atoms with E-state index in [0.717, 1.165) is 30.0 Å². The minimum atomic E-state index is 0.843. The molecular weight excluding hydrogens is 234 g/mol. The summed E-state index contributed by atoms with van der Waals surface area (Å²) in [6, 6.07) is 4.34. The van der Waals surface area contributed by atoms with E-state index in [1.807, 2.05) is 13.2 Å². The molecule has 3 rings (SSSR count). The van der Waals surface area contributed by atoms with Crippen LogP contribution in [-0.2, 0) is 6.54 Å². The summed E-state index contributed by atoms with van der Waals surface area (Å²) >= 11 is 0. The van der Waals surface area contributed by atoms with E-state index in [9.17, 15) is 0 Å². The van der Waals surface area contributed by atoms with Gasteiger partial charge in [-0.15, -0.1) is 0 Å². The van der Waals surface area contributed by atoms with Crippen molar-refractivity contribution in [3.8, 4) is 0 Å². The predicted molar refractivity (Wildman–Crippen MR) is 79.2 cm³/mol. The van der Waals surface area contributed by atoms with Gasteiger partial charge in [-0.25, -0.2) is 0 Å². The number of hydrogen-bond acceptors (Lipinski definition) is 3. The van der Waals surface area contributed by atoms with Gasteiger partial charge in [0.2, 0.25) is 0 Å². The minimum Gasteiger partial charge on any atom is -0.374 e. The van der Waals surface area contributed by atoms with Crippen LogP contribution in [0.5, 0.6) is 0 Å². The second-order valence-corrected chi connectivity index (χ2v) is 6.35. The molecule has 0 spiro atoms. The quantitative estimate of drug-likeness (QED) is 0.881. The second-order valence-electron chi connectivity index (χ2n) is 6.35. The summed E-state index contributed by atoms with van der Waals surface area (Å²) in [6.07, 6.45) is 7.86. The number of nitrogens with one attached hydrogen (secondary N) is 1. The fraction of sp³-hybridized carbons (Fsp3) is 0.688. The molecule has 2 fully saturated rings. The fourth-order valence-electron chi connectivity index (χ4n) is 4.04. The van der Waals surface area contributed by atoms with Gasteiger partial charge in [0, 0.05) is 32.0 Å². The monoisotopic (exact) mass is 259 g/mol. The number of anilines is 1. The summed E-state index contributed by atoms with van der Waals surface area (Å²) in [6.45, 7) is 2.06. The number of nitrogens with zero attached hydrogens (tertiary/aromatic N) is 2. The van der Waals surface area contributed by atoms with Gasteiger partial charge < -0.3 is 10.2 Å². The number of hydrogen-bond donors (Lipinski definition) is 1. The Labute approximate surface area is 116 Å². The summed E-state index contributed by atoms with van der Waals surface area (Å²) in [5.41, 5.74) is 2.43. The van der Waals surface area contributed by atoms with Crippen LogP contribution in [0.4, 0.5) is 5.69 Å². The normalized spacial score (nSPS) is 28.8. The Morgan fingerprint density at radius 1 is 1.37 bits per heavy atom. The third-order valence-electron chi connectivity index (χ3n) is 4.99. The molecule has 0 radical (unpaired) electrons. The number of fused-ring (bicyclic) bond motifs is 2. The summed E-state index contributed by atoms with van der Waals surface area (Å²) < 4.78 is 0. The molecule has 104 valence electrons. The van der Waals surface area contributed by atoms with Gasteiger partial charge in [-0.05, 0) is 56.2 Å². The molecule has 2 bridgehead atoms. The molecule has 2 aliphatic rings.